The van der Waals surface area contributed by atoms with Crippen LogP contribution in [-0.4, -0.2) is 18.0 Å². The third kappa shape index (κ3) is 2.89. The zero-order valence-electron chi connectivity index (χ0n) is 13.9. The van der Waals surface area contributed by atoms with E-state index < -0.39 is 0 Å². The van der Waals surface area contributed by atoms with Gasteiger partial charge in [-0.25, -0.2) is 0 Å². The number of hydrogen-bond acceptors (Lipinski definition) is 2. The van der Waals surface area contributed by atoms with Crippen LogP contribution in [0.2, 0.25) is 0 Å². The van der Waals surface area contributed by atoms with Crippen LogP contribution in [0.1, 0.15) is 35.2 Å². The van der Waals surface area contributed by atoms with Gasteiger partial charge in [-0.3, -0.25) is 4.90 Å². The Bertz CT molecular complexity index is 625. The molecule has 0 spiro atoms. The molecule has 22 heavy (non-hydrogen) atoms. The van der Waals surface area contributed by atoms with Crippen LogP contribution in [-0.2, 0) is 0 Å². The average molecular weight is 292 g/mol. The number of benzene rings is 2. The van der Waals surface area contributed by atoms with Crippen LogP contribution < -0.4 is 4.90 Å². The molecule has 114 valence electrons. The Hall–Kier alpha value is -1.80. The number of hydrogen-bond donors (Lipinski definition) is 0. The topological polar surface area (TPSA) is 6.48 Å². The second-order valence-electron chi connectivity index (χ2n) is 6.28. The van der Waals surface area contributed by atoms with Gasteiger partial charge in [-0.2, -0.15) is 0 Å². The predicted molar refractivity (Wildman–Crippen MR) is 92.8 cm³/mol. The molecule has 2 heteroatoms. The van der Waals surface area contributed by atoms with E-state index in [2.05, 4.69) is 86.6 Å². The third-order valence-corrected chi connectivity index (χ3v) is 4.47. The van der Waals surface area contributed by atoms with Gasteiger partial charge in [0.2, 0.25) is 0 Å². The highest BCUT2D eigenvalue weighted by Gasteiger charge is 2.28. The standard InChI is InChI=1S/C20H24N2/c1-15-12-16(2)20(17(3)13-15)22-11-10-21(14-22)18(4)19-8-6-5-7-9-19/h5-9,12-13,18H,10-11H2,1-4H3/t18-/m1/s1. The van der Waals surface area contributed by atoms with Crippen LogP contribution in [0.3, 0.4) is 0 Å². The summed E-state index contributed by atoms with van der Waals surface area (Å²) in [5.41, 5.74) is 6.65. The second-order valence-corrected chi connectivity index (χ2v) is 6.28. The first-order valence-electron chi connectivity index (χ1n) is 7.99. The van der Waals surface area contributed by atoms with Gasteiger partial charge in [0.05, 0.1) is 0 Å². The molecule has 1 aliphatic rings. The highest BCUT2D eigenvalue weighted by Crippen LogP contribution is 2.33. The molecule has 0 unspecified atom stereocenters. The van der Waals surface area contributed by atoms with Crippen molar-refractivity contribution < 1.29 is 0 Å². The zero-order chi connectivity index (χ0) is 15.7. The normalized spacial score (nSPS) is 17.0. The number of nitrogens with zero attached hydrogens (tertiary/aromatic N) is 2. The molecule has 1 heterocycles. The molecule has 2 aromatic rings. The van der Waals surface area contributed by atoms with Gasteiger partial charge in [0.1, 0.15) is 0 Å². The molecule has 0 bridgehead atoms. The molecule has 1 fully saturated rings. The van der Waals surface area contributed by atoms with E-state index in [4.69, 9.17) is 0 Å². The van der Waals surface area contributed by atoms with E-state index in [0.29, 0.717) is 6.04 Å². The van der Waals surface area contributed by atoms with Crippen molar-refractivity contribution >= 4 is 5.69 Å². The quantitative estimate of drug-likeness (QED) is 0.822. The smallest absolute Gasteiger partial charge is 0.178 e. The molecule has 1 saturated heterocycles. The van der Waals surface area contributed by atoms with Gasteiger partial charge >= 0.3 is 0 Å². The highest BCUT2D eigenvalue weighted by molar-refractivity contribution is 5.61. The fraction of sp³-hybridized carbons (Fsp3) is 0.350. The van der Waals surface area contributed by atoms with Gasteiger partial charge in [-0.05, 0) is 44.4 Å². The van der Waals surface area contributed by atoms with E-state index in [1.54, 1.807) is 0 Å². The molecular weight excluding hydrogens is 268 g/mol. The van der Waals surface area contributed by atoms with Crippen molar-refractivity contribution in [2.45, 2.75) is 33.7 Å². The lowest BCUT2D eigenvalue weighted by atomic mass is 10.0. The lowest BCUT2D eigenvalue weighted by Crippen LogP contribution is -2.23. The SMILES string of the molecule is Cc1cc(C)c(N2[C]N([C@H](C)c3ccccc3)CC2)c(C)c1. The Labute approximate surface area is 134 Å². The number of aryl methyl sites for hydroxylation is 3. The third-order valence-electron chi connectivity index (χ3n) is 4.47. The van der Waals surface area contributed by atoms with Crippen molar-refractivity contribution in [3.63, 3.8) is 0 Å². The summed E-state index contributed by atoms with van der Waals surface area (Å²) in [5.74, 6) is 0. The maximum Gasteiger partial charge on any atom is 0.178 e. The summed E-state index contributed by atoms with van der Waals surface area (Å²) in [4.78, 5) is 4.59. The first-order valence-corrected chi connectivity index (χ1v) is 7.99. The molecule has 2 aromatic carbocycles. The Morgan fingerprint density at radius 1 is 0.955 bits per heavy atom. The zero-order valence-corrected chi connectivity index (χ0v) is 13.9. The average Bonchev–Trinajstić information content (AvgIpc) is 2.96. The van der Waals surface area contributed by atoms with E-state index in [9.17, 15) is 0 Å². The summed E-state index contributed by atoms with van der Waals surface area (Å²) in [6, 6.07) is 15.5. The maximum atomic E-state index is 3.57. The van der Waals surface area contributed by atoms with Gasteiger partial charge in [-0.1, -0.05) is 48.0 Å². The first-order chi connectivity index (χ1) is 10.6. The minimum atomic E-state index is 0.359. The summed E-state index contributed by atoms with van der Waals surface area (Å²) >= 11 is 0. The Morgan fingerprint density at radius 2 is 1.59 bits per heavy atom. The van der Waals surface area contributed by atoms with E-state index in [0.717, 1.165) is 13.1 Å². The predicted octanol–water partition coefficient (Wildman–Crippen LogP) is 4.49. The summed E-state index contributed by atoms with van der Waals surface area (Å²) in [6.07, 6.45) is 0. The summed E-state index contributed by atoms with van der Waals surface area (Å²) in [7, 11) is 0. The van der Waals surface area contributed by atoms with Crippen LogP contribution in [0.15, 0.2) is 42.5 Å². The van der Waals surface area contributed by atoms with Crippen molar-refractivity contribution in [3.05, 3.63) is 71.4 Å². The Balaban J connectivity index is 1.78. The lowest BCUT2D eigenvalue weighted by molar-refractivity contribution is 0.307. The van der Waals surface area contributed by atoms with Crippen LogP contribution in [0.5, 0.6) is 0 Å². The number of anilines is 1. The molecule has 1 aliphatic heterocycles. The fourth-order valence-corrected chi connectivity index (χ4v) is 3.41. The summed E-state index contributed by atoms with van der Waals surface area (Å²) in [6.45, 7) is 14.4. The fourth-order valence-electron chi connectivity index (χ4n) is 3.41. The molecule has 0 aliphatic carbocycles. The molecule has 0 amide bonds. The highest BCUT2D eigenvalue weighted by atomic mass is 15.4. The molecular formula is C20H24N2. The van der Waals surface area contributed by atoms with E-state index in [-0.39, 0.29) is 0 Å². The molecule has 1 atom stereocenters. The minimum Gasteiger partial charge on any atom is -0.345 e. The van der Waals surface area contributed by atoms with Crippen LogP contribution in [0.4, 0.5) is 5.69 Å². The summed E-state index contributed by atoms with van der Waals surface area (Å²) in [5, 5.41) is 0. The van der Waals surface area contributed by atoms with Crippen LogP contribution in [0, 0.1) is 27.4 Å². The first kappa shape index (κ1) is 15.1. The Morgan fingerprint density at radius 3 is 2.23 bits per heavy atom. The molecule has 3 rings (SSSR count). The lowest BCUT2D eigenvalue weighted by Gasteiger charge is -2.25. The van der Waals surface area contributed by atoms with Gasteiger partial charge in [0, 0.05) is 24.8 Å². The van der Waals surface area contributed by atoms with Crippen LogP contribution in [0.25, 0.3) is 0 Å². The molecule has 2 radical (unpaired) electrons. The van der Waals surface area contributed by atoms with E-state index in [1.807, 2.05) is 0 Å². The van der Waals surface area contributed by atoms with Crippen molar-refractivity contribution in [1.82, 2.24) is 4.90 Å². The number of rotatable bonds is 3. The van der Waals surface area contributed by atoms with Crippen molar-refractivity contribution in [2.24, 2.45) is 0 Å². The molecule has 2 nitrogen and oxygen atoms in total. The monoisotopic (exact) mass is 292 g/mol. The van der Waals surface area contributed by atoms with E-state index >= 15 is 0 Å². The Kier molecular flexibility index (Phi) is 4.21. The van der Waals surface area contributed by atoms with Crippen molar-refractivity contribution in [2.75, 3.05) is 18.0 Å². The van der Waals surface area contributed by atoms with Crippen molar-refractivity contribution in [1.29, 1.82) is 0 Å². The summed E-state index contributed by atoms with van der Waals surface area (Å²) < 4.78 is 0. The van der Waals surface area contributed by atoms with Gasteiger partial charge in [0.15, 0.2) is 6.67 Å². The van der Waals surface area contributed by atoms with Crippen molar-refractivity contribution in [3.8, 4) is 0 Å². The minimum absolute atomic E-state index is 0.359. The molecule has 0 saturated carbocycles. The van der Waals surface area contributed by atoms with E-state index in [1.165, 1.54) is 27.9 Å². The maximum absolute atomic E-state index is 3.57. The van der Waals surface area contributed by atoms with Gasteiger partial charge in [-0.15, -0.1) is 0 Å². The van der Waals surface area contributed by atoms with Gasteiger partial charge < -0.3 is 4.90 Å². The molecule has 0 N–H and O–H groups in total. The second kappa shape index (κ2) is 6.13. The van der Waals surface area contributed by atoms with Crippen LogP contribution >= 0.6 is 0 Å². The largest absolute Gasteiger partial charge is 0.345 e. The van der Waals surface area contributed by atoms with Gasteiger partial charge in [0.25, 0.3) is 0 Å². The molecule has 0 aromatic heterocycles.